The average Bonchev–Trinajstić information content (AvgIpc) is 3.20. The van der Waals surface area contributed by atoms with Gasteiger partial charge in [0.15, 0.2) is 5.82 Å². The number of hydrogen-bond acceptors (Lipinski definition) is 4. The number of carbonyl (C=O) groups is 2. The Balaban J connectivity index is 1.65. The lowest BCUT2D eigenvalue weighted by Crippen LogP contribution is -2.50. The number of likely N-dealkylation sites (tertiary alicyclic amines) is 1. The zero-order valence-corrected chi connectivity index (χ0v) is 15.3. The minimum absolute atomic E-state index is 0.0734. The van der Waals surface area contributed by atoms with Crippen molar-refractivity contribution in [3.05, 3.63) is 42.4 Å². The maximum absolute atomic E-state index is 12.6. The molecule has 0 saturated carbocycles. The summed E-state index contributed by atoms with van der Waals surface area (Å²) >= 11 is 0. The second-order valence-corrected chi connectivity index (χ2v) is 6.66. The van der Waals surface area contributed by atoms with Crippen molar-refractivity contribution < 1.29 is 9.59 Å². The van der Waals surface area contributed by atoms with E-state index < -0.39 is 0 Å². The molecule has 1 aliphatic heterocycles. The molecule has 3 heterocycles. The van der Waals surface area contributed by atoms with E-state index in [-0.39, 0.29) is 23.8 Å². The molecule has 8 heteroatoms. The van der Waals surface area contributed by atoms with E-state index in [0.29, 0.717) is 31.1 Å². The number of anilines is 1. The number of amides is 2. The molecule has 0 atom stereocenters. The van der Waals surface area contributed by atoms with Crippen molar-refractivity contribution in [2.75, 3.05) is 18.4 Å². The molecule has 8 nitrogen and oxygen atoms in total. The number of nitrogens with zero attached hydrogens (tertiary/aromatic N) is 5. The first-order valence-electron chi connectivity index (χ1n) is 8.78. The minimum atomic E-state index is -0.228. The van der Waals surface area contributed by atoms with E-state index in [9.17, 15) is 9.59 Å². The molecule has 0 radical (unpaired) electrons. The van der Waals surface area contributed by atoms with Crippen LogP contribution in [0.5, 0.6) is 0 Å². The van der Waals surface area contributed by atoms with Crippen LogP contribution in [0.2, 0.25) is 0 Å². The van der Waals surface area contributed by atoms with E-state index in [4.69, 9.17) is 0 Å². The Labute approximate surface area is 152 Å². The summed E-state index contributed by atoms with van der Waals surface area (Å²) < 4.78 is 3.48. The smallest absolute Gasteiger partial charge is 0.275 e. The van der Waals surface area contributed by atoms with Crippen molar-refractivity contribution in [2.24, 2.45) is 0 Å². The largest absolute Gasteiger partial charge is 0.335 e. The van der Waals surface area contributed by atoms with Crippen LogP contribution in [-0.2, 0) is 11.3 Å². The van der Waals surface area contributed by atoms with Crippen molar-refractivity contribution in [2.45, 2.75) is 39.3 Å². The maximum atomic E-state index is 12.6. The third-order valence-electron chi connectivity index (χ3n) is 4.50. The van der Waals surface area contributed by atoms with Gasteiger partial charge in [-0.1, -0.05) is 20.4 Å². The standard InChI is InChI=1S/C18H24N6O2/c1-5-17(25)22-10-13(11-22)24-8-7-16(21-24)19-18(26)15-9-14(12(3)4)20-23(15)6-2/h5,7-9,12-13H,1,6,10-11H2,2-4H3,(H,19,21,26). The molecule has 1 saturated heterocycles. The first kappa shape index (κ1) is 17.9. The van der Waals surface area contributed by atoms with Crippen LogP contribution in [0.15, 0.2) is 31.0 Å². The Morgan fingerprint density at radius 2 is 2.12 bits per heavy atom. The molecule has 1 aliphatic rings. The highest BCUT2D eigenvalue weighted by Crippen LogP contribution is 2.22. The van der Waals surface area contributed by atoms with Gasteiger partial charge in [-0.25, -0.2) is 0 Å². The highest BCUT2D eigenvalue weighted by Gasteiger charge is 2.31. The predicted molar refractivity (Wildman–Crippen MR) is 98.0 cm³/mol. The lowest BCUT2D eigenvalue weighted by molar-refractivity contribution is -0.131. The van der Waals surface area contributed by atoms with Crippen molar-refractivity contribution in [1.82, 2.24) is 24.5 Å². The summed E-state index contributed by atoms with van der Waals surface area (Å²) in [7, 11) is 0. The summed E-state index contributed by atoms with van der Waals surface area (Å²) in [6.45, 7) is 11.4. The van der Waals surface area contributed by atoms with Gasteiger partial charge in [-0.05, 0) is 25.0 Å². The van der Waals surface area contributed by atoms with Crippen LogP contribution in [0, 0.1) is 0 Å². The molecule has 0 unspecified atom stereocenters. The second-order valence-electron chi connectivity index (χ2n) is 6.66. The van der Waals surface area contributed by atoms with Crippen molar-refractivity contribution in [3.8, 4) is 0 Å². The fourth-order valence-corrected chi connectivity index (χ4v) is 2.86. The van der Waals surface area contributed by atoms with Gasteiger partial charge >= 0.3 is 0 Å². The summed E-state index contributed by atoms with van der Waals surface area (Å²) in [5.41, 5.74) is 1.42. The lowest BCUT2D eigenvalue weighted by atomic mass is 10.1. The molecule has 3 rings (SSSR count). The molecule has 1 fully saturated rings. The minimum Gasteiger partial charge on any atom is -0.335 e. The van der Waals surface area contributed by atoms with Crippen LogP contribution >= 0.6 is 0 Å². The van der Waals surface area contributed by atoms with Crippen LogP contribution in [0.3, 0.4) is 0 Å². The molecule has 0 aliphatic carbocycles. The number of aryl methyl sites for hydroxylation is 1. The second kappa shape index (κ2) is 7.15. The SMILES string of the molecule is C=CC(=O)N1CC(n2ccc(NC(=O)c3cc(C(C)C)nn3CC)n2)C1. The van der Waals surface area contributed by atoms with Gasteiger partial charge in [0, 0.05) is 31.9 Å². The van der Waals surface area contributed by atoms with Gasteiger partial charge in [-0.3, -0.25) is 19.0 Å². The van der Waals surface area contributed by atoms with Crippen LogP contribution in [0.25, 0.3) is 0 Å². The molecule has 2 aromatic rings. The zero-order chi connectivity index (χ0) is 18.8. The normalized spacial score (nSPS) is 14.4. The topological polar surface area (TPSA) is 85.0 Å². The van der Waals surface area contributed by atoms with Crippen LogP contribution in [0.1, 0.15) is 48.9 Å². The summed E-state index contributed by atoms with van der Waals surface area (Å²) in [4.78, 5) is 25.8. The van der Waals surface area contributed by atoms with Crippen molar-refractivity contribution >= 4 is 17.6 Å². The van der Waals surface area contributed by atoms with Gasteiger partial charge in [-0.15, -0.1) is 0 Å². The van der Waals surface area contributed by atoms with Crippen LogP contribution in [-0.4, -0.2) is 49.4 Å². The van der Waals surface area contributed by atoms with Gasteiger partial charge in [0.25, 0.3) is 5.91 Å². The molecular weight excluding hydrogens is 332 g/mol. The van der Waals surface area contributed by atoms with Gasteiger partial charge in [0.05, 0.1) is 11.7 Å². The van der Waals surface area contributed by atoms with Crippen LogP contribution in [0.4, 0.5) is 5.82 Å². The lowest BCUT2D eigenvalue weighted by Gasteiger charge is -2.38. The molecule has 2 aromatic heterocycles. The fraction of sp³-hybridized carbons (Fsp3) is 0.444. The third kappa shape index (κ3) is 3.40. The molecule has 26 heavy (non-hydrogen) atoms. The molecule has 0 spiro atoms. The van der Waals surface area contributed by atoms with Gasteiger partial charge < -0.3 is 10.2 Å². The number of nitrogens with one attached hydrogen (secondary N) is 1. The average molecular weight is 356 g/mol. The summed E-state index contributed by atoms with van der Waals surface area (Å²) in [5.74, 6) is 0.441. The first-order chi connectivity index (χ1) is 12.4. The first-order valence-corrected chi connectivity index (χ1v) is 8.78. The van der Waals surface area contributed by atoms with E-state index in [2.05, 4.69) is 22.1 Å². The van der Waals surface area contributed by atoms with E-state index in [1.54, 1.807) is 20.3 Å². The monoisotopic (exact) mass is 356 g/mol. The van der Waals surface area contributed by atoms with Gasteiger partial charge in [-0.2, -0.15) is 10.2 Å². The Hall–Kier alpha value is -2.90. The van der Waals surface area contributed by atoms with Crippen molar-refractivity contribution in [3.63, 3.8) is 0 Å². The number of rotatable bonds is 6. The zero-order valence-electron chi connectivity index (χ0n) is 15.3. The summed E-state index contributed by atoms with van der Waals surface area (Å²) in [6, 6.07) is 3.70. The predicted octanol–water partition coefficient (Wildman–Crippen LogP) is 2.04. The Bertz CT molecular complexity index is 829. The Morgan fingerprint density at radius 1 is 1.38 bits per heavy atom. The highest BCUT2D eigenvalue weighted by molar-refractivity contribution is 6.02. The van der Waals surface area contributed by atoms with Crippen molar-refractivity contribution in [1.29, 1.82) is 0 Å². The molecule has 2 amide bonds. The fourth-order valence-electron chi connectivity index (χ4n) is 2.86. The van der Waals surface area contributed by atoms with Gasteiger partial charge in [0.1, 0.15) is 5.69 Å². The number of aromatic nitrogens is 4. The third-order valence-corrected chi connectivity index (χ3v) is 4.50. The molecular formula is C18H24N6O2. The van der Waals surface area contributed by atoms with Crippen LogP contribution < -0.4 is 5.32 Å². The number of carbonyl (C=O) groups excluding carboxylic acids is 2. The maximum Gasteiger partial charge on any atom is 0.275 e. The quantitative estimate of drug-likeness (QED) is 0.803. The van der Waals surface area contributed by atoms with E-state index in [1.165, 1.54) is 6.08 Å². The van der Waals surface area contributed by atoms with Gasteiger partial charge in [0.2, 0.25) is 5.91 Å². The molecule has 0 bridgehead atoms. The molecule has 138 valence electrons. The highest BCUT2D eigenvalue weighted by atomic mass is 16.2. The summed E-state index contributed by atoms with van der Waals surface area (Å²) in [5, 5.41) is 11.7. The summed E-state index contributed by atoms with van der Waals surface area (Å²) in [6.07, 6.45) is 3.12. The Kier molecular flexibility index (Phi) is 4.92. The van der Waals surface area contributed by atoms with E-state index >= 15 is 0 Å². The Morgan fingerprint density at radius 3 is 2.73 bits per heavy atom. The van der Waals surface area contributed by atoms with E-state index in [1.807, 2.05) is 33.0 Å². The van der Waals surface area contributed by atoms with E-state index in [0.717, 1.165) is 5.69 Å². The molecule has 0 aromatic carbocycles. The number of hydrogen-bond donors (Lipinski definition) is 1. The molecule has 1 N–H and O–H groups in total.